The number of hydrogen-bond acceptors (Lipinski definition) is 6. The third kappa shape index (κ3) is 4.90. The van der Waals surface area contributed by atoms with Crippen LogP contribution in [0, 0.1) is 0 Å². The molecule has 0 aliphatic heterocycles. The van der Waals surface area contributed by atoms with Crippen molar-refractivity contribution in [2.75, 3.05) is 13.2 Å². The van der Waals surface area contributed by atoms with E-state index >= 15 is 0 Å². The van der Waals surface area contributed by atoms with Gasteiger partial charge in [0.2, 0.25) is 0 Å². The predicted octanol–water partition coefficient (Wildman–Crippen LogP) is -0.0801. The lowest BCUT2D eigenvalue weighted by Crippen LogP contribution is -2.35. The number of rotatable bonds is 6. The minimum Gasteiger partial charge on any atom is -0.505 e. The van der Waals surface area contributed by atoms with Crippen LogP contribution in [-0.4, -0.2) is 45.5 Å². The molecule has 1 atom stereocenters. The largest absolute Gasteiger partial charge is 0.505 e. The van der Waals surface area contributed by atoms with E-state index in [0.717, 1.165) is 0 Å². The highest BCUT2D eigenvalue weighted by Gasteiger charge is 2.06. The average molecular weight is 227 g/mol. The van der Waals surface area contributed by atoms with Crippen LogP contribution in [0.15, 0.2) is 12.4 Å². The van der Waals surface area contributed by atoms with E-state index in [1.165, 1.54) is 12.4 Å². The van der Waals surface area contributed by atoms with Gasteiger partial charge in [-0.05, 0) is 0 Å². The first kappa shape index (κ1) is 12.7. The molecule has 0 saturated carbocycles. The quantitative estimate of drug-likeness (QED) is 0.630. The number of aliphatic hydroxyl groups is 1. The zero-order chi connectivity index (χ0) is 12.0. The molecular weight excluding hydrogens is 210 g/mol. The first-order valence-corrected chi connectivity index (χ1v) is 5.13. The molecule has 0 aliphatic carbocycles. The van der Waals surface area contributed by atoms with E-state index in [1.807, 2.05) is 13.8 Å². The molecule has 6 heteroatoms. The topological polar surface area (TPSA) is 87.5 Å². The molecule has 1 rings (SSSR count). The molecule has 3 N–H and O–H groups in total. The van der Waals surface area contributed by atoms with Crippen molar-refractivity contribution in [3.8, 4) is 11.8 Å². The zero-order valence-corrected chi connectivity index (χ0v) is 9.42. The number of aromatic nitrogens is 2. The van der Waals surface area contributed by atoms with Crippen molar-refractivity contribution in [1.29, 1.82) is 0 Å². The van der Waals surface area contributed by atoms with Crippen molar-refractivity contribution in [2.45, 2.75) is 26.0 Å². The molecule has 1 heterocycles. The second-order valence-corrected chi connectivity index (χ2v) is 3.75. The van der Waals surface area contributed by atoms with Crippen molar-refractivity contribution < 1.29 is 14.9 Å². The smallest absolute Gasteiger partial charge is 0.316 e. The SMILES string of the molecule is CC(C)NCC(O)COc1ncc(O)cn1. The van der Waals surface area contributed by atoms with E-state index in [2.05, 4.69) is 15.3 Å². The van der Waals surface area contributed by atoms with E-state index in [0.29, 0.717) is 12.6 Å². The third-order valence-corrected chi connectivity index (χ3v) is 1.78. The van der Waals surface area contributed by atoms with Crippen molar-refractivity contribution in [2.24, 2.45) is 0 Å². The van der Waals surface area contributed by atoms with Crippen LogP contribution in [0.1, 0.15) is 13.8 Å². The Hall–Kier alpha value is -1.40. The number of aliphatic hydroxyl groups excluding tert-OH is 1. The predicted molar refractivity (Wildman–Crippen MR) is 58.3 cm³/mol. The molecule has 0 aromatic carbocycles. The van der Waals surface area contributed by atoms with Gasteiger partial charge < -0.3 is 20.3 Å². The number of aromatic hydroxyl groups is 1. The molecule has 1 aromatic rings. The number of hydrogen-bond donors (Lipinski definition) is 3. The fraction of sp³-hybridized carbons (Fsp3) is 0.600. The Morgan fingerprint density at radius 3 is 2.56 bits per heavy atom. The molecule has 1 unspecified atom stereocenters. The summed E-state index contributed by atoms with van der Waals surface area (Å²) in [7, 11) is 0. The molecule has 0 saturated heterocycles. The van der Waals surface area contributed by atoms with Crippen LogP contribution >= 0.6 is 0 Å². The minimum absolute atomic E-state index is 0.0191. The van der Waals surface area contributed by atoms with E-state index in [1.54, 1.807) is 0 Å². The molecule has 1 aromatic heterocycles. The van der Waals surface area contributed by atoms with Crippen LogP contribution in [-0.2, 0) is 0 Å². The van der Waals surface area contributed by atoms with Crippen molar-refractivity contribution >= 4 is 0 Å². The van der Waals surface area contributed by atoms with Gasteiger partial charge in [-0.2, -0.15) is 9.97 Å². The van der Waals surface area contributed by atoms with Crippen molar-refractivity contribution in [3.05, 3.63) is 12.4 Å². The van der Waals surface area contributed by atoms with Gasteiger partial charge in [-0.25, -0.2) is 0 Å². The van der Waals surface area contributed by atoms with Crippen molar-refractivity contribution in [3.63, 3.8) is 0 Å². The summed E-state index contributed by atoms with van der Waals surface area (Å²) < 4.78 is 5.13. The molecule has 90 valence electrons. The molecule has 0 spiro atoms. The summed E-state index contributed by atoms with van der Waals surface area (Å²) in [6, 6.07) is 0.459. The first-order valence-electron chi connectivity index (χ1n) is 5.13. The summed E-state index contributed by atoms with van der Waals surface area (Å²) in [5.41, 5.74) is 0. The Morgan fingerprint density at radius 1 is 1.38 bits per heavy atom. The summed E-state index contributed by atoms with van der Waals surface area (Å²) in [6.45, 7) is 4.56. The van der Waals surface area contributed by atoms with E-state index in [4.69, 9.17) is 9.84 Å². The summed E-state index contributed by atoms with van der Waals surface area (Å²) in [5.74, 6) is -0.0191. The Morgan fingerprint density at radius 2 is 2.00 bits per heavy atom. The van der Waals surface area contributed by atoms with E-state index in [-0.39, 0.29) is 18.4 Å². The summed E-state index contributed by atoms with van der Waals surface area (Å²) in [6.07, 6.45) is 1.86. The molecule has 0 amide bonds. The second kappa shape index (κ2) is 6.24. The average Bonchev–Trinajstić information content (AvgIpc) is 2.25. The van der Waals surface area contributed by atoms with Gasteiger partial charge in [-0.1, -0.05) is 13.8 Å². The number of nitrogens with one attached hydrogen (secondary N) is 1. The Balaban J connectivity index is 2.26. The maximum absolute atomic E-state index is 9.52. The molecule has 0 radical (unpaired) electrons. The van der Waals surface area contributed by atoms with Gasteiger partial charge in [0.05, 0.1) is 12.4 Å². The van der Waals surface area contributed by atoms with Crippen LogP contribution in [0.2, 0.25) is 0 Å². The van der Waals surface area contributed by atoms with E-state index in [9.17, 15) is 5.11 Å². The van der Waals surface area contributed by atoms with Gasteiger partial charge in [0.25, 0.3) is 0 Å². The fourth-order valence-corrected chi connectivity index (χ4v) is 0.985. The minimum atomic E-state index is -0.611. The van der Waals surface area contributed by atoms with Gasteiger partial charge in [0.15, 0.2) is 5.75 Å². The van der Waals surface area contributed by atoms with Crippen LogP contribution < -0.4 is 10.1 Å². The van der Waals surface area contributed by atoms with Gasteiger partial charge >= 0.3 is 6.01 Å². The lowest BCUT2D eigenvalue weighted by Gasteiger charge is -2.13. The highest BCUT2D eigenvalue weighted by molar-refractivity contribution is 5.11. The van der Waals surface area contributed by atoms with Crippen LogP contribution in [0.4, 0.5) is 0 Å². The highest BCUT2D eigenvalue weighted by atomic mass is 16.5. The Bertz CT molecular complexity index is 303. The molecule has 0 aliphatic rings. The first-order chi connectivity index (χ1) is 7.58. The lowest BCUT2D eigenvalue weighted by molar-refractivity contribution is 0.0992. The van der Waals surface area contributed by atoms with Gasteiger partial charge in [-0.3, -0.25) is 0 Å². The number of ether oxygens (including phenoxy) is 1. The normalized spacial score (nSPS) is 12.8. The van der Waals surface area contributed by atoms with Crippen LogP contribution in [0.25, 0.3) is 0 Å². The van der Waals surface area contributed by atoms with Crippen LogP contribution in [0.3, 0.4) is 0 Å². The number of nitrogens with zero attached hydrogens (tertiary/aromatic N) is 2. The second-order valence-electron chi connectivity index (χ2n) is 3.75. The highest BCUT2D eigenvalue weighted by Crippen LogP contribution is 2.06. The van der Waals surface area contributed by atoms with Crippen LogP contribution in [0.5, 0.6) is 11.8 Å². The molecular formula is C10H17N3O3. The summed E-state index contributed by atoms with van der Waals surface area (Å²) in [5, 5.41) is 21.5. The standard InChI is InChI=1S/C10H17N3O3/c1-7(2)11-5-9(15)6-16-10-12-3-8(14)4-13-10/h3-4,7,9,11,14-15H,5-6H2,1-2H3. The Kier molecular flexibility index (Phi) is 4.94. The molecule has 0 fully saturated rings. The fourth-order valence-electron chi connectivity index (χ4n) is 0.985. The third-order valence-electron chi connectivity index (χ3n) is 1.78. The molecule has 0 bridgehead atoms. The zero-order valence-electron chi connectivity index (χ0n) is 9.42. The molecule has 16 heavy (non-hydrogen) atoms. The van der Waals surface area contributed by atoms with Gasteiger partial charge in [-0.15, -0.1) is 0 Å². The molecule has 6 nitrogen and oxygen atoms in total. The summed E-state index contributed by atoms with van der Waals surface area (Å²) >= 11 is 0. The van der Waals surface area contributed by atoms with Crippen molar-refractivity contribution in [1.82, 2.24) is 15.3 Å². The van der Waals surface area contributed by atoms with E-state index < -0.39 is 6.10 Å². The monoisotopic (exact) mass is 227 g/mol. The lowest BCUT2D eigenvalue weighted by atomic mass is 10.3. The Labute approximate surface area is 94.3 Å². The summed E-state index contributed by atoms with van der Waals surface area (Å²) in [4.78, 5) is 7.46. The van der Waals surface area contributed by atoms with Gasteiger partial charge in [0.1, 0.15) is 12.7 Å². The maximum Gasteiger partial charge on any atom is 0.316 e. The maximum atomic E-state index is 9.52. The van der Waals surface area contributed by atoms with Gasteiger partial charge in [0, 0.05) is 12.6 Å².